The summed E-state index contributed by atoms with van der Waals surface area (Å²) in [4.78, 5) is 0. The number of rotatable bonds is 13. The van der Waals surface area contributed by atoms with E-state index in [2.05, 4.69) is 13.0 Å². The van der Waals surface area contributed by atoms with Crippen LogP contribution in [0.3, 0.4) is 0 Å². The fourth-order valence-electron chi connectivity index (χ4n) is 5.36. The summed E-state index contributed by atoms with van der Waals surface area (Å²) >= 11 is 0. The summed E-state index contributed by atoms with van der Waals surface area (Å²) in [5.41, 5.74) is 2.75. The number of allylic oxidation sites excluding steroid dienone is 1. The first kappa shape index (κ1) is 29.9. The third-order valence-corrected chi connectivity index (χ3v) is 7.74. The van der Waals surface area contributed by atoms with Crippen LogP contribution in [0.4, 0.5) is 13.2 Å². The first-order chi connectivity index (χ1) is 19.5. The van der Waals surface area contributed by atoms with E-state index in [1.54, 1.807) is 36.4 Å². The zero-order valence-electron chi connectivity index (χ0n) is 23.7. The van der Waals surface area contributed by atoms with Gasteiger partial charge in [-0.25, -0.2) is 8.78 Å². The minimum atomic E-state index is -0.977. The number of benzene rings is 3. The molecule has 4 rings (SSSR count). The third kappa shape index (κ3) is 7.78. The van der Waals surface area contributed by atoms with Gasteiger partial charge in [0.2, 0.25) is 5.82 Å². The molecular weight excluding hydrogens is 509 g/mol. The quantitative estimate of drug-likeness (QED) is 0.156. The highest BCUT2D eigenvalue weighted by molar-refractivity contribution is 5.71. The summed E-state index contributed by atoms with van der Waals surface area (Å²) in [7, 11) is 0. The van der Waals surface area contributed by atoms with Crippen molar-refractivity contribution in [3.63, 3.8) is 0 Å². The van der Waals surface area contributed by atoms with Gasteiger partial charge in [-0.3, -0.25) is 0 Å². The molecule has 2 atom stereocenters. The Morgan fingerprint density at radius 2 is 1.48 bits per heavy atom. The van der Waals surface area contributed by atoms with E-state index < -0.39 is 11.6 Å². The molecule has 1 aliphatic heterocycles. The van der Waals surface area contributed by atoms with Crippen LogP contribution in [0.5, 0.6) is 5.75 Å². The Morgan fingerprint density at radius 1 is 0.800 bits per heavy atom. The number of hydrogen-bond donors (Lipinski definition) is 0. The van der Waals surface area contributed by atoms with Crippen molar-refractivity contribution in [1.82, 2.24) is 0 Å². The maximum absolute atomic E-state index is 15.1. The van der Waals surface area contributed by atoms with E-state index >= 15 is 4.39 Å². The van der Waals surface area contributed by atoms with Crippen LogP contribution < -0.4 is 4.74 Å². The second kappa shape index (κ2) is 15.1. The number of unbranched alkanes of at least 4 members (excludes halogenated alkanes) is 6. The Hall–Kier alpha value is -3.05. The van der Waals surface area contributed by atoms with Gasteiger partial charge in [-0.05, 0) is 61.1 Å². The number of halogens is 3. The minimum absolute atomic E-state index is 0.0632. The topological polar surface area (TPSA) is 18.5 Å². The SMILES string of the molecule is C/C=C/C1CCC(c2ccc(-c3ccc(-c4ccc(OCCCCCCCCC)c(F)c4F)cc3)c(F)c2)CO1. The van der Waals surface area contributed by atoms with E-state index in [1.165, 1.54) is 37.8 Å². The van der Waals surface area contributed by atoms with E-state index in [-0.39, 0.29) is 29.2 Å². The van der Waals surface area contributed by atoms with Crippen molar-refractivity contribution in [2.75, 3.05) is 13.2 Å². The summed E-state index contributed by atoms with van der Waals surface area (Å²) in [6, 6.07) is 15.2. The van der Waals surface area contributed by atoms with E-state index in [1.807, 2.05) is 19.1 Å². The number of hydrogen-bond acceptors (Lipinski definition) is 2. The smallest absolute Gasteiger partial charge is 0.201 e. The van der Waals surface area contributed by atoms with Crippen molar-refractivity contribution < 1.29 is 22.6 Å². The highest BCUT2D eigenvalue weighted by Crippen LogP contribution is 2.34. The van der Waals surface area contributed by atoms with E-state index in [0.29, 0.717) is 29.9 Å². The molecular formula is C35H41F3O2. The summed E-state index contributed by atoms with van der Waals surface area (Å²) in [6.07, 6.45) is 14.0. The lowest BCUT2D eigenvalue weighted by Crippen LogP contribution is -2.23. The lowest BCUT2D eigenvalue weighted by molar-refractivity contribution is 0.0326. The fourth-order valence-corrected chi connectivity index (χ4v) is 5.36. The molecule has 214 valence electrons. The molecule has 0 bridgehead atoms. The second-order valence-electron chi connectivity index (χ2n) is 10.7. The standard InChI is InChI=1S/C35H41F3O2/c1-3-5-6-7-8-9-10-22-39-33-21-20-31(34(37)35(33)38)26-14-12-25(13-15-26)30-19-17-27(23-32(30)36)28-16-18-29(11-4-2)40-24-28/h4,11-15,17,19-21,23,28-29H,3,5-10,16,18,22,24H2,1-2H3/b11-4+. The number of ether oxygens (including phenoxy) is 2. The van der Waals surface area contributed by atoms with Gasteiger partial charge in [0.25, 0.3) is 0 Å². The van der Waals surface area contributed by atoms with Crippen molar-refractivity contribution in [3.8, 4) is 28.0 Å². The predicted octanol–water partition coefficient (Wildman–Crippen LogP) is 10.4. The van der Waals surface area contributed by atoms with Crippen LogP contribution in [0.1, 0.15) is 83.1 Å². The predicted molar refractivity (Wildman–Crippen MR) is 157 cm³/mol. The van der Waals surface area contributed by atoms with Gasteiger partial charge in [0, 0.05) is 17.0 Å². The molecule has 1 aliphatic rings. The van der Waals surface area contributed by atoms with Gasteiger partial charge in [0.1, 0.15) is 5.82 Å². The summed E-state index contributed by atoms with van der Waals surface area (Å²) in [5, 5.41) is 0. The molecule has 2 nitrogen and oxygen atoms in total. The van der Waals surface area contributed by atoms with Crippen LogP contribution in [0.25, 0.3) is 22.3 Å². The Kier molecular flexibility index (Phi) is 11.3. The van der Waals surface area contributed by atoms with Gasteiger partial charge >= 0.3 is 0 Å². The second-order valence-corrected chi connectivity index (χ2v) is 10.7. The highest BCUT2D eigenvalue weighted by Gasteiger charge is 2.22. The molecule has 40 heavy (non-hydrogen) atoms. The van der Waals surface area contributed by atoms with Crippen LogP contribution >= 0.6 is 0 Å². The minimum Gasteiger partial charge on any atom is -0.490 e. The summed E-state index contributed by atoms with van der Waals surface area (Å²) in [6.45, 7) is 5.12. The Labute approximate surface area is 237 Å². The van der Waals surface area contributed by atoms with Gasteiger partial charge in [0.15, 0.2) is 11.6 Å². The van der Waals surface area contributed by atoms with Crippen molar-refractivity contribution in [2.45, 2.75) is 83.7 Å². The molecule has 3 aromatic carbocycles. The van der Waals surface area contributed by atoms with Gasteiger partial charge in [0.05, 0.1) is 19.3 Å². The summed E-state index contributed by atoms with van der Waals surface area (Å²) in [5.74, 6) is -2.11. The van der Waals surface area contributed by atoms with Crippen molar-refractivity contribution in [2.24, 2.45) is 0 Å². The zero-order valence-corrected chi connectivity index (χ0v) is 23.7. The van der Waals surface area contributed by atoms with Crippen LogP contribution in [0, 0.1) is 17.5 Å². The molecule has 0 radical (unpaired) electrons. The molecule has 0 amide bonds. The van der Waals surface area contributed by atoms with Crippen LogP contribution in [0.2, 0.25) is 0 Å². The summed E-state index contributed by atoms with van der Waals surface area (Å²) < 4.78 is 56.2. The third-order valence-electron chi connectivity index (χ3n) is 7.74. The molecule has 0 N–H and O–H groups in total. The lowest BCUT2D eigenvalue weighted by atomic mass is 9.89. The van der Waals surface area contributed by atoms with Crippen LogP contribution in [0.15, 0.2) is 66.7 Å². The first-order valence-electron chi connectivity index (χ1n) is 14.8. The molecule has 1 heterocycles. The molecule has 0 aliphatic carbocycles. The molecule has 0 saturated carbocycles. The monoisotopic (exact) mass is 550 g/mol. The highest BCUT2D eigenvalue weighted by atomic mass is 19.2. The van der Waals surface area contributed by atoms with E-state index in [0.717, 1.165) is 37.7 Å². The van der Waals surface area contributed by atoms with Gasteiger partial charge in [-0.2, -0.15) is 4.39 Å². The molecule has 2 unspecified atom stereocenters. The van der Waals surface area contributed by atoms with Gasteiger partial charge in [-0.15, -0.1) is 0 Å². The average molecular weight is 551 g/mol. The van der Waals surface area contributed by atoms with E-state index in [9.17, 15) is 8.78 Å². The van der Waals surface area contributed by atoms with Crippen LogP contribution in [-0.4, -0.2) is 19.3 Å². The van der Waals surface area contributed by atoms with Crippen molar-refractivity contribution >= 4 is 0 Å². The Morgan fingerprint density at radius 3 is 2.12 bits per heavy atom. The maximum Gasteiger partial charge on any atom is 0.201 e. The first-order valence-corrected chi connectivity index (χ1v) is 14.8. The van der Waals surface area contributed by atoms with Crippen molar-refractivity contribution in [3.05, 3.63) is 89.8 Å². The largest absolute Gasteiger partial charge is 0.490 e. The Balaban J connectivity index is 1.36. The average Bonchev–Trinajstić information content (AvgIpc) is 2.97. The molecule has 5 heteroatoms. The fraction of sp³-hybridized carbons (Fsp3) is 0.429. The Bertz CT molecular complexity index is 1240. The normalized spacial score (nSPS) is 17.4. The van der Waals surface area contributed by atoms with Crippen LogP contribution in [-0.2, 0) is 4.74 Å². The molecule has 3 aromatic rings. The van der Waals surface area contributed by atoms with E-state index in [4.69, 9.17) is 9.47 Å². The van der Waals surface area contributed by atoms with Gasteiger partial charge in [-0.1, -0.05) is 94.0 Å². The molecule has 1 saturated heterocycles. The van der Waals surface area contributed by atoms with Crippen molar-refractivity contribution in [1.29, 1.82) is 0 Å². The molecule has 1 fully saturated rings. The molecule has 0 spiro atoms. The lowest BCUT2D eigenvalue weighted by Gasteiger charge is -2.28. The maximum atomic E-state index is 15.1. The zero-order chi connectivity index (χ0) is 28.3. The molecule has 0 aromatic heterocycles. The van der Waals surface area contributed by atoms with Gasteiger partial charge < -0.3 is 9.47 Å².